The highest BCUT2D eigenvalue weighted by Gasteiger charge is 2.20. The number of aromatic nitrogens is 6. The van der Waals surface area contributed by atoms with Crippen LogP contribution in [0.15, 0.2) is 158 Å². The summed E-state index contributed by atoms with van der Waals surface area (Å²) >= 11 is 0. The van der Waals surface area contributed by atoms with Gasteiger partial charge in [-0.05, 0) is 78.1 Å². The Kier molecular flexibility index (Phi) is 6.74. The molecule has 0 N–H and O–H groups in total. The van der Waals surface area contributed by atoms with Gasteiger partial charge < -0.3 is 4.57 Å². The summed E-state index contributed by atoms with van der Waals surface area (Å²) in [7, 11) is 0. The predicted octanol–water partition coefficient (Wildman–Crippen LogP) is 10.8. The van der Waals surface area contributed by atoms with Crippen molar-refractivity contribution >= 4 is 49.3 Å². The summed E-state index contributed by atoms with van der Waals surface area (Å²) in [5.74, 6) is 2.37. The fourth-order valence-corrected chi connectivity index (χ4v) is 7.44. The van der Waals surface area contributed by atoms with Crippen molar-refractivity contribution in [1.29, 1.82) is 0 Å². The van der Waals surface area contributed by atoms with Gasteiger partial charge in [0.25, 0.3) is 0 Å². The zero-order chi connectivity index (χ0) is 33.9. The van der Waals surface area contributed by atoms with Gasteiger partial charge in [0.1, 0.15) is 0 Å². The number of rotatable bonds is 5. The summed E-state index contributed by atoms with van der Waals surface area (Å²) in [4.78, 5) is 20.1. The van der Waals surface area contributed by atoms with Crippen LogP contribution >= 0.6 is 0 Å². The molecule has 0 saturated carbocycles. The molecular formula is C45H32N6. The van der Waals surface area contributed by atoms with Crippen molar-refractivity contribution < 1.29 is 0 Å². The molecule has 6 heteroatoms. The number of fused-ring (bicyclic) bond motifs is 6. The second kappa shape index (κ2) is 11.7. The quantitative estimate of drug-likeness (QED) is 0.185. The molecule has 0 spiro atoms. The van der Waals surface area contributed by atoms with Crippen molar-refractivity contribution in [3.05, 3.63) is 164 Å². The van der Waals surface area contributed by atoms with Crippen molar-refractivity contribution in [3.8, 4) is 34.2 Å². The van der Waals surface area contributed by atoms with Crippen molar-refractivity contribution in [3.63, 3.8) is 0 Å². The van der Waals surface area contributed by atoms with Gasteiger partial charge in [0.15, 0.2) is 11.6 Å². The average molecular weight is 657 g/mol. The maximum atomic E-state index is 5.11. The van der Waals surface area contributed by atoms with E-state index in [9.17, 15) is 0 Å². The number of benzene rings is 5. The van der Waals surface area contributed by atoms with Crippen LogP contribution in [0.1, 0.15) is 19.2 Å². The van der Waals surface area contributed by atoms with E-state index in [0.717, 1.165) is 56.3 Å². The Bertz CT molecular complexity index is 2840. The van der Waals surface area contributed by atoms with Crippen LogP contribution in [-0.2, 0) is 0 Å². The minimum absolute atomic E-state index is 0.490. The minimum atomic E-state index is 0.490. The van der Waals surface area contributed by atoms with E-state index in [-0.39, 0.29) is 0 Å². The summed E-state index contributed by atoms with van der Waals surface area (Å²) in [5.41, 5.74) is 10.6. The molecule has 6 nitrogen and oxygen atoms in total. The summed E-state index contributed by atoms with van der Waals surface area (Å²) in [5, 5.41) is 3.50. The summed E-state index contributed by atoms with van der Waals surface area (Å²) in [6, 6.07) is 46.9. The monoisotopic (exact) mass is 656 g/mol. The van der Waals surface area contributed by atoms with E-state index < -0.39 is 0 Å². The molecule has 0 fully saturated rings. The minimum Gasteiger partial charge on any atom is -0.309 e. The molecule has 242 valence electrons. The molecule has 1 atom stereocenters. The van der Waals surface area contributed by atoms with Crippen molar-refractivity contribution in [1.82, 2.24) is 29.1 Å². The standard InChI is InChI=1S/C45H32N6/c1-29-18-20-31(21-19-29)44-47-43(30-11-4-2-5-12-30)48-45(49-44)51-40-25-23-33(28-37(40)42-41(51)17-10-26-46-42)32-22-24-39-36(27-32)35-15-8-9-16-38(35)50(39)34-13-6-3-7-14-34/h2-18,20-29H,19H2,1H3. The number of hydrogen-bond acceptors (Lipinski definition) is 4. The second-order valence-electron chi connectivity index (χ2n) is 13.2. The molecule has 10 rings (SSSR count). The molecule has 5 aromatic carbocycles. The first-order valence-corrected chi connectivity index (χ1v) is 17.4. The molecule has 0 amide bonds. The van der Waals surface area contributed by atoms with Crippen LogP contribution in [0, 0.1) is 5.92 Å². The first-order valence-electron chi connectivity index (χ1n) is 17.4. The van der Waals surface area contributed by atoms with E-state index in [1.807, 2.05) is 42.6 Å². The maximum absolute atomic E-state index is 5.11. The van der Waals surface area contributed by atoms with Crippen LogP contribution in [0.2, 0.25) is 0 Å². The van der Waals surface area contributed by atoms with E-state index in [0.29, 0.717) is 23.5 Å². The van der Waals surface area contributed by atoms with Crippen LogP contribution in [0.25, 0.3) is 83.5 Å². The predicted molar refractivity (Wildman–Crippen MR) is 208 cm³/mol. The van der Waals surface area contributed by atoms with E-state index in [4.69, 9.17) is 19.9 Å². The number of hydrogen-bond donors (Lipinski definition) is 0. The Hall–Kier alpha value is -6.66. The lowest BCUT2D eigenvalue weighted by Crippen LogP contribution is -2.08. The lowest BCUT2D eigenvalue weighted by atomic mass is 9.98. The van der Waals surface area contributed by atoms with Gasteiger partial charge in [0.2, 0.25) is 5.95 Å². The Balaban J connectivity index is 1.16. The van der Waals surface area contributed by atoms with Gasteiger partial charge in [-0.25, -0.2) is 4.98 Å². The van der Waals surface area contributed by atoms with Gasteiger partial charge in [0, 0.05) is 39.2 Å². The summed E-state index contributed by atoms with van der Waals surface area (Å²) in [6.45, 7) is 2.22. The molecule has 4 heterocycles. The molecule has 51 heavy (non-hydrogen) atoms. The van der Waals surface area contributed by atoms with E-state index >= 15 is 0 Å². The number of para-hydroxylation sites is 2. The van der Waals surface area contributed by atoms with Gasteiger partial charge in [-0.1, -0.05) is 104 Å². The average Bonchev–Trinajstić information content (AvgIpc) is 3.71. The number of allylic oxidation sites excluding steroid dienone is 4. The SMILES string of the molecule is CC1C=CC(c2nc(-c3ccccc3)nc(-n3c4ccc(-c5ccc6c(c5)c5ccccc5n6-c5ccccc5)cc4c4ncccc43)n2)=CC1. The third kappa shape index (κ3) is 4.87. The van der Waals surface area contributed by atoms with E-state index in [2.05, 4.69) is 131 Å². The Morgan fingerprint density at radius 2 is 1.22 bits per heavy atom. The first-order chi connectivity index (χ1) is 25.2. The largest absolute Gasteiger partial charge is 0.309 e. The van der Waals surface area contributed by atoms with Crippen LogP contribution in [0.4, 0.5) is 0 Å². The smallest absolute Gasteiger partial charge is 0.238 e. The van der Waals surface area contributed by atoms with Crippen LogP contribution in [0.3, 0.4) is 0 Å². The Morgan fingerprint density at radius 3 is 2.00 bits per heavy atom. The lowest BCUT2D eigenvalue weighted by Gasteiger charge is -2.14. The molecule has 0 bridgehead atoms. The van der Waals surface area contributed by atoms with Gasteiger partial charge in [-0.3, -0.25) is 9.55 Å². The van der Waals surface area contributed by atoms with Crippen molar-refractivity contribution in [2.45, 2.75) is 13.3 Å². The van der Waals surface area contributed by atoms with Gasteiger partial charge in [-0.15, -0.1) is 0 Å². The van der Waals surface area contributed by atoms with Crippen LogP contribution in [-0.4, -0.2) is 29.1 Å². The van der Waals surface area contributed by atoms with Gasteiger partial charge in [-0.2, -0.15) is 9.97 Å². The zero-order valence-electron chi connectivity index (χ0n) is 28.0. The highest BCUT2D eigenvalue weighted by molar-refractivity contribution is 6.11. The molecule has 0 saturated heterocycles. The molecule has 1 aliphatic carbocycles. The molecule has 0 aliphatic heterocycles. The normalized spacial score (nSPS) is 14.5. The van der Waals surface area contributed by atoms with Crippen molar-refractivity contribution in [2.24, 2.45) is 5.92 Å². The van der Waals surface area contributed by atoms with E-state index in [1.54, 1.807) is 0 Å². The van der Waals surface area contributed by atoms with E-state index in [1.165, 1.54) is 21.8 Å². The molecule has 0 radical (unpaired) electrons. The topological polar surface area (TPSA) is 61.4 Å². The maximum Gasteiger partial charge on any atom is 0.238 e. The third-order valence-corrected chi connectivity index (χ3v) is 9.97. The highest BCUT2D eigenvalue weighted by Crippen LogP contribution is 2.38. The van der Waals surface area contributed by atoms with Gasteiger partial charge in [0.05, 0.1) is 27.6 Å². The molecule has 4 aromatic heterocycles. The Labute approximate surface area is 294 Å². The molecule has 1 unspecified atom stereocenters. The van der Waals surface area contributed by atoms with Gasteiger partial charge >= 0.3 is 0 Å². The number of pyridine rings is 1. The number of nitrogens with zero attached hydrogens (tertiary/aromatic N) is 6. The molecule has 9 aromatic rings. The highest BCUT2D eigenvalue weighted by atomic mass is 15.2. The molecule has 1 aliphatic rings. The zero-order valence-corrected chi connectivity index (χ0v) is 28.0. The van der Waals surface area contributed by atoms with Crippen LogP contribution in [0.5, 0.6) is 0 Å². The van der Waals surface area contributed by atoms with Crippen molar-refractivity contribution in [2.75, 3.05) is 0 Å². The lowest BCUT2D eigenvalue weighted by molar-refractivity contribution is 0.738. The van der Waals surface area contributed by atoms with Crippen LogP contribution < -0.4 is 0 Å². The molecular weight excluding hydrogens is 625 g/mol. The fraction of sp³-hybridized carbons (Fsp3) is 0.0667. The first kappa shape index (κ1) is 29.3. The Morgan fingerprint density at radius 1 is 0.549 bits per heavy atom. The summed E-state index contributed by atoms with van der Waals surface area (Å²) in [6.07, 6.45) is 9.40. The second-order valence-corrected chi connectivity index (χ2v) is 13.2. The third-order valence-electron chi connectivity index (χ3n) is 9.97. The fourth-order valence-electron chi connectivity index (χ4n) is 7.44. The summed E-state index contributed by atoms with van der Waals surface area (Å²) < 4.78 is 4.48.